The predicted molar refractivity (Wildman–Crippen MR) is 86.4 cm³/mol. The molecule has 1 aliphatic heterocycles. The molecule has 2 heterocycles. The van der Waals surface area contributed by atoms with E-state index in [9.17, 15) is 0 Å². The Morgan fingerprint density at radius 1 is 1.09 bits per heavy atom. The van der Waals surface area contributed by atoms with Gasteiger partial charge >= 0.3 is 0 Å². The molecule has 1 saturated carbocycles. The summed E-state index contributed by atoms with van der Waals surface area (Å²) in [7, 11) is 0. The van der Waals surface area contributed by atoms with Gasteiger partial charge in [0.2, 0.25) is 0 Å². The fourth-order valence-electron chi connectivity index (χ4n) is 4.93. The van der Waals surface area contributed by atoms with Gasteiger partial charge in [-0.25, -0.2) is 9.97 Å². The maximum atomic E-state index is 4.64. The van der Waals surface area contributed by atoms with Gasteiger partial charge in [0.15, 0.2) is 0 Å². The van der Waals surface area contributed by atoms with Crippen LogP contribution in [0.2, 0.25) is 0 Å². The van der Waals surface area contributed by atoms with Crippen LogP contribution in [-0.2, 0) is 0 Å². The third kappa shape index (κ3) is 2.45. The van der Waals surface area contributed by atoms with Gasteiger partial charge in [-0.3, -0.25) is 0 Å². The summed E-state index contributed by atoms with van der Waals surface area (Å²) in [5.41, 5.74) is 1.92. The number of hydrogen-bond donors (Lipinski definition) is 0. The van der Waals surface area contributed by atoms with Gasteiger partial charge in [0.25, 0.3) is 0 Å². The highest BCUT2D eigenvalue weighted by molar-refractivity contribution is 5.89. The Hall–Kier alpha value is -1.35. The van der Waals surface area contributed by atoms with Crippen LogP contribution in [0.1, 0.15) is 40.0 Å². The summed E-state index contributed by atoms with van der Waals surface area (Å²) in [5.74, 6) is 1.13. The second-order valence-corrected chi connectivity index (χ2v) is 8.06. The van der Waals surface area contributed by atoms with E-state index in [1.807, 2.05) is 6.07 Å². The Morgan fingerprint density at radius 3 is 2.68 bits per heavy atom. The third-order valence-corrected chi connectivity index (χ3v) is 5.21. The number of rotatable bonds is 1. The second kappa shape index (κ2) is 5.09. The molecular formula is C18H23ClN3-. The fourth-order valence-corrected chi connectivity index (χ4v) is 4.93. The second-order valence-electron chi connectivity index (χ2n) is 8.06. The van der Waals surface area contributed by atoms with Crippen molar-refractivity contribution in [3.63, 3.8) is 0 Å². The van der Waals surface area contributed by atoms with Gasteiger partial charge in [0.05, 0.1) is 5.52 Å². The molecule has 118 valence electrons. The van der Waals surface area contributed by atoms with Crippen molar-refractivity contribution in [3.8, 4) is 0 Å². The molecule has 0 radical (unpaired) electrons. The van der Waals surface area contributed by atoms with E-state index >= 15 is 0 Å². The maximum absolute atomic E-state index is 4.64. The molecular weight excluding hydrogens is 294 g/mol. The van der Waals surface area contributed by atoms with E-state index in [1.165, 1.54) is 24.6 Å². The Balaban J connectivity index is 0.00000144. The summed E-state index contributed by atoms with van der Waals surface area (Å²) in [5, 5.41) is 1.19. The molecule has 0 amide bonds. The Kier molecular flexibility index (Phi) is 3.59. The molecule has 2 aliphatic rings. The highest BCUT2D eigenvalue weighted by Crippen LogP contribution is 2.53. The van der Waals surface area contributed by atoms with Gasteiger partial charge in [-0.15, -0.1) is 0 Å². The van der Waals surface area contributed by atoms with E-state index in [0.29, 0.717) is 16.9 Å². The van der Waals surface area contributed by atoms with Crippen LogP contribution < -0.4 is 17.3 Å². The summed E-state index contributed by atoms with van der Waals surface area (Å²) in [6, 6.07) is 8.99. The molecule has 1 aromatic carbocycles. The van der Waals surface area contributed by atoms with Crippen LogP contribution in [0.4, 0.5) is 5.82 Å². The van der Waals surface area contributed by atoms with Gasteiger partial charge in [-0.05, 0) is 42.2 Å². The number of halogens is 1. The van der Waals surface area contributed by atoms with Crippen molar-refractivity contribution in [2.75, 3.05) is 11.4 Å². The quantitative estimate of drug-likeness (QED) is 0.787. The highest BCUT2D eigenvalue weighted by atomic mass is 35.5. The van der Waals surface area contributed by atoms with Gasteiger partial charge in [0.1, 0.15) is 12.1 Å². The topological polar surface area (TPSA) is 29.0 Å². The zero-order chi connectivity index (χ0) is 14.7. The number of aromatic nitrogens is 2. The molecule has 1 saturated heterocycles. The number of anilines is 1. The first kappa shape index (κ1) is 15.5. The van der Waals surface area contributed by atoms with Gasteiger partial charge in [0, 0.05) is 18.0 Å². The summed E-state index contributed by atoms with van der Waals surface area (Å²) in [4.78, 5) is 11.6. The summed E-state index contributed by atoms with van der Waals surface area (Å²) < 4.78 is 0. The number of para-hydroxylation sites is 1. The van der Waals surface area contributed by atoms with Crippen LogP contribution in [-0.4, -0.2) is 22.6 Å². The van der Waals surface area contributed by atoms with E-state index in [1.54, 1.807) is 6.33 Å². The molecule has 4 heteroatoms. The van der Waals surface area contributed by atoms with E-state index in [0.717, 1.165) is 17.9 Å². The average molecular weight is 317 g/mol. The lowest BCUT2D eigenvalue weighted by atomic mass is 9.65. The Morgan fingerprint density at radius 2 is 1.86 bits per heavy atom. The van der Waals surface area contributed by atoms with Crippen molar-refractivity contribution in [1.82, 2.24) is 9.97 Å². The molecule has 2 fully saturated rings. The Labute approximate surface area is 138 Å². The van der Waals surface area contributed by atoms with Gasteiger partial charge in [-0.2, -0.15) is 0 Å². The molecule has 2 unspecified atom stereocenters. The molecule has 0 N–H and O–H groups in total. The molecule has 0 spiro atoms. The first-order chi connectivity index (χ1) is 9.96. The third-order valence-electron chi connectivity index (χ3n) is 5.21. The van der Waals surface area contributed by atoms with Crippen molar-refractivity contribution in [2.24, 2.45) is 10.8 Å². The first-order valence-corrected chi connectivity index (χ1v) is 7.92. The molecule has 4 rings (SSSR count). The van der Waals surface area contributed by atoms with Crippen molar-refractivity contribution < 1.29 is 12.4 Å². The minimum atomic E-state index is 0. The zero-order valence-electron chi connectivity index (χ0n) is 13.5. The molecule has 2 bridgehead atoms. The first-order valence-electron chi connectivity index (χ1n) is 7.92. The molecule has 1 aromatic heterocycles. The standard InChI is InChI=1S/C18H23N3.ClH/c1-17(2)8-13-9-18(3,10-17)11-21(13)16-14-6-4-5-7-15(14)19-12-20-16;/h4-7,12-13H,8-11H2,1-3H3;1H/p-1. The molecule has 1 aliphatic carbocycles. The lowest BCUT2D eigenvalue weighted by Crippen LogP contribution is -3.00. The SMILES string of the molecule is CC1(C)CC2CC(C)(CN2c2ncnc3ccccc23)C1.[Cl-]. The largest absolute Gasteiger partial charge is 1.00 e. The van der Waals surface area contributed by atoms with E-state index < -0.39 is 0 Å². The summed E-state index contributed by atoms with van der Waals surface area (Å²) in [6.45, 7) is 8.41. The van der Waals surface area contributed by atoms with Gasteiger partial charge in [-0.1, -0.05) is 32.9 Å². The van der Waals surface area contributed by atoms with Crippen LogP contribution in [0, 0.1) is 10.8 Å². The number of fused-ring (bicyclic) bond motifs is 3. The van der Waals surface area contributed by atoms with Gasteiger partial charge < -0.3 is 17.3 Å². The Bertz CT molecular complexity index is 694. The molecule has 2 aromatic rings. The van der Waals surface area contributed by atoms with E-state index in [2.05, 4.69) is 53.8 Å². The summed E-state index contributed by atoms with van der Waals surface area (Å²) >= 11 is 0. The predicted octanol–water partition coefficient (Wildman–Crippen LogP) is 1.04. The number of benzene rings is 1. The minimum absolute atomic E-state index is 0. The number of hydrogen-bond acceptors (Lipinski definition) is 3. The van der Waals surface area contributed by atoms with Crippen LogP contribution in [0.25, 0.3) is 10.9 Å². The monoisotopic (exact) mass is 316 g/mol. The highest BCUT2D eigenvalue weighted by Gasteiger charge is 2.50. The zero-order valence-corrected chi connectivity index (χ0v) is 14.3. The van der Waals surface area contributed by atoms with E-state index in [4.69, 9.17) is 0 Å². The molecule has 22 heavy (non-hydrogen) atoms. The average Bonchev–Trinajstić information content (AvgIpc) is 2.67. The normalized spacial score (nSPS) is 29.4. The van der Waals surface area contributed by atoms with Crippen molar-refractivity contribution in [3.05, 3.63) is 30.6 Å². The maximum Gasteiger partial charge on any atom is 0.140 e. The smallest absolute Gasteiger partial charge is 0.140 e. The fraction of sp³-hybridized carbons (Fsp3) is 0.556. The van der Waals surface area contributed by atoms with Crippen LogP contribution >= 0.6 is 0 Å². The summed E-state index contributed by atoms with van der Waals surface area (Å²) in [6.07, 6.45) is 5.60. The molecule has 2 atom stereocenters. The lowest BCUT2D eigenvalue weighted by molar-refractivity contribution is -0.00000695. The van der Waals surface area contributed by atoms with Crippen LogP contribution in [0.3, 0.4) is 0 Å². The van der Waals surface area contributed by atoms with Crippen molar-refractivity contribution in [1.29, 1.82) is 0 Å². The van der Waals surface area contributed by atoms with E-state index in [-0.39, 0.29) is 12.4 Å². The van der Waals surface area contributed by atoms with Crippen LogP contribution in [0.15, 0.2) is 30.6 Å². The van der Waals surface area contributed by atoms with Crippen LogP contribution in [0.5, 0.6) is 0 Å². The lowest BCUT2D eigenvalue weighted by Gasteiger charge is -2.39. The van der Waals surface area contributed by atoms with Crippen molar-refractivity contribution >= 4 is 16.7 Å². The molecule has 3 nitrogen and oxygen atoms in total. The van der Waals surface area contributed by atoms with Crippen molar-refractivity contribution in [2.45, 2.75) is 46.1 Å². The number of nitrogens with zero attached hydrogens (tertiary/aromatic N) is 3. The minimum Gasteiger partial charge on any atom is -1.00 e.